The summed E-state index contributed by atoms with van der Waals surface area (Å²) >= 11 is 0. The van der Waals surface area contributed by atoms with Gasteiger partial charge in [0.1, 0.15) is 0 Å². The van der Waals surface area contributed by atoms with Crippen molar-refractivity contribution in [3.05, 3.63) is 35.4 Å². The van der Waals surface area contributed by atoms with E-state index in [1.807, 2.05) is 12.1 Å². The minimum atomic E-state index is -3.46. The van der Waals surface area contributed by atoms with E-state index in [0.717, 1.165) is 25.5 Å². The van der Waals surface area contributed by atoms with Crippen LogP contribution in [0.25, 0.3) is 0 Å². The molecular weight excluding hydrogens is 316 g/mol. The molecule has 1 aliphatic carbocycles. The molecule has 2 N–H and O–H groups in total. The molecule has 23 heavy (non-hydrogen) atoms. The van der Waals surface area contributed by atoms with Gasteiger partial charge in [-0.1, -0.05) is 24.3 Å². The molecular formula is C15H18N4O3S. The number of H-pyrrole nitrogens is 1. The second-order valence-corrected chi connectivity index (χ2v) is 7.80. The molecule has 1 unspecified atom stereocenters. The lowest BCUT2D eigenvalue weighted by Gasteiger charge is -2.23. The highest BCUT2D eigenvalue weighted by atomic mass is 32.2. The number of carbonyl (C=O) groups is 1. The van der Waals surface area contributed by atoms with E-state index in [2.05, 4.69) is 32.6 Å². The summed E-state index contributed by atoms with van der Waals surface area (Å²) in [5.74, 6) is 0.0679. The maximum absolute atomic E-state index is 12.1. The highest BCUT2D eigenvalue weighted by Crippen LogP contribution is 2.27. The number of benzene rings is 1. The maximum atomic E-state index is 12.1. The molecule has 1 heterocycles. The van der Waals surface area contributed by atoms with Crippen LogP contribution in [0.15, 0.2) is 29.4 Å². The molecule has 0 bridgehead atoms. The first kappa shape index (κ1) is 15.7. The second kappa shape index (κ2) is 6.11. The van der Waals surface area contributed by atoms with Gasteiger partial charge in [-0.25, -0.2) is 13.5 Å². The van der Waals surface area contributed by atoms with E-state index in [1.54, 1.807) is 0 Å². The van der Waals surface area contributed by atoms with Crippen LogP contribution in [0.2, 0.25) is 0 Å². The SMILES string of the molecule is CS(=O)(=O)c1nc(NC(=O)CC2CCc3ccccc3C2)n[nH]1. The number of nitrogens with zero attached hydrogens (tertiary/aromatic N) is 2. The van der Waals surface area contributed by atoms with Crippen molar-refractivity contribution in [2.75, 3.05) is 11.6 Å². The Labute approximate surface area is 134 Å². The highest BCUT2D eigenvalue weighted by Gasteiger charge is 2.22. The number of sulfone groups is 1. The summed E-state index contributed by atoms with van der Waals surface area (Å²) < 4.78 is 22.6. The second-order valence-electron chi connectivity index (χ2n) is 5.87. The van der Waals surface area contributed by atoms with E-state index < -0.39 is 9.84 Å². The topological polar surface area (TPSA) is 105 Å². The number of hydrogen-bond acceptors (Lipinski definition) is 5. The van der Waals surface area contributed by atoms with E-state index >= 15 is 0 Å². The molecule has 1 atom stereocenters. The zero-order chi connectivity index (χ0) is 16.4. The third kappa shape index (κ3) is 3.76. The Morgan fingerprint density at radius 1 is 1.35 bits per heavy atom. The quantitative estimate of drug-likeness (QED) is 0.878. The summed E-state index contributed by atoms with van der Waals surface area (Å²) in [5.41, 5.74) is 2.66. The zero-order valence-corrected chi connectivity index (χ0v) is 13.6. The number of aromatic amines is 1. The molecule has 8 heteroatoms. The van der Waals surface area contributed by atoms with Gasteiger partial charge < -0.3 is 0 Å². The maximum Gasteiger partial charge on any atom is 0.249 e. The van der Waals surface area contributed by atoms with Crippen LogP contribution in [-0.2, 0) is 27.5 Å². The number of nitrogens with one attached hydrogen (secondary N) is 2. The molecule has 3 rings (SSSR count). The number of anilines is 1. The van der Waals surface area contributed by atoms with Gasteiger partial charge in [-0.15, -0.1) is 5.10 Å². The third-order valence-electron chi connectivity index (χ3n) is 3.99. The van der Waals surface area contributed by atoms with Crippen LogP contribution in [0.1, 0.15) is 24.0 Å². The predicted octanol–water partition coefficient (Wildman–Crippen LogP) is 1.34. The Morgan fingerprint density at radius 3 is 2.78 bits per heavy atom. The fraction of sp³-hybridized carbons (Fsp3) is 0.400. The lowest BCUT2D eigenvalue weighted by Crippen LogP contribution is -2.22. The van der Waals surface area contributed by atoms with Gasteiger partial charge in [-0.05, 0) is 36.3 Å². The largest absolute Gasteiger partial charge is 0.293 e. The van der Waals surface area contributed by atoms with Crippen LogP contribution in [-0.4, -0.2) is 35.8 Å². The van der Waals surface area contributed by atoms with Crippen LogP contribution < -0.4 is 5.32 Å². The van der Waals surface area contributed by atoms with Crippen LogP contribution >= 0.6 is 0 Å². The number of amides is 1. The van der Waals surface area contributed by atoms with Gasteiger partial charge in [-0.3, -0.25) is 10.1 Å². The van der Waals surface area contributed by atoms with Crippen molar-refractivity contribution in [3.8, 4) is 0 Å². The molecule has 1 amide bonds. The monoisotopic (exact) mass is 334 g/mol. The number of carbonyl (C=O) groups excluding carboxylic acids is 1. The molecule has 0 spiro atoms. The molecule has 1 aromatic heterocycles. The molecule has 0 saturated carbocycles. The molecule has 7 nitrogen and oxygen atoms in total. The lowest BCUT2D eigenvalue weighted by atomic mass is 9.82. The summed E-state index contributed by atoms with van der Waals surface area (Å²) in [5, 5.41) is 8.31. The minimum absolute atomic E-state index is 0.00775. The van der Waals surface area contributed by atoms with E-state index in [0.29, 0.717) is 6.42 Å². The Hall–Kier alpha value is -2.22. The number of aryl methyl sites for hydroxylation is 1. The van der Waals surface area contributed by atoms with Gasteiger partial charge in [0.2, 0.25) is 26.8 Å². The van der Waals surface area contributed by atoms with Crippen molar-refractivity contribution in [1.82, 2.24) is 15.2 Å². The van der Waals surface area contributed by atoms with Crippen LogP contribution in [0.3, 0.4) is 0 Å². The van der Waals surface area contributed by atoms with Gasteiger partial charge in [0.15, 0.2) is 0 Å². The smallest absolute Gasteiger partial charge is 0.249 e. The Bertz CT molecular complexity index is 829. The number of aromatic nitrogens is 3. The average molecular weight is 334 g/mol. The lowest BCUT2D eigenvalue weighted by molar-refractivity contribution is -0.117. The highest BCUT2D eigenvalue weighted by molar-refractivity contribution is 7.90. The Morgan fingerprint density at radius 2 is 2.09 bits per heavy atom. The molecule has 2 aromatic rings. The first-order valence-corrected chi connectivity index (χ1v) is 9.30. The summed E-state index contributed by atoms with van der Waals surface area (Å²) in [7, 11) is -3.46. The Balaban J connectivity index is 1.59. The molecule has 0 fully saturated rings. The first-order chi connectivity index (χ1) is 10.9. The zero-order valence-electron chi connectivity index (χ0n) is 12.7. The third-order valence-corrected chi connectivity index (χ3v) is 4.88. The predicted molar refractivity (Wildman–Crippen MR) is 84.7 cm³/mol. The van der Waals surface area contributed by atoms with Crippen molar-refractivity contribution in [2.45, 2.75) is 30.8 Å². The van der Waals surface area contributed by atoms with Gasteiger partial charge in [-0.2, -0.15) is 4.98 Å². The normalized spacial score (nSPS) is 17.5. The van der Waals surface area contributed by atoms with Crippen molar-refractivity contribution >= 4 is 21.7 Å². The molecule has 1 aliphatic rings. The average Bonchev–Trinajstić information content (AvgIpc) is 2.95. The summed E-state index contributed by atoms with van der Waals surface area (Å²) in [6.07, 6.45) is 4.22. The number of hydrogen-bond donors (Lipinski definition) is 2. The van der Waals surface area contributed by atoms with Crippen LogP contribution in [0.5, 0.6) is 0 Å². The minimum Gasteiger partial charge on any atom is -0.293 e. The van der Waals surface area contributed by atoms with Crippen molar-refractivity contribution < 1.29 is 13.2 Å². The van der Waals surface area contributed by atoms with E-state index in [9.17, 15) is 13.2 Å². The number of fused-ring (bicyclic) bond motifs is 1. The fourth-order valence-electron chi connectivity index (χ4n) is 2.85. The molecule has 1 aromatic carbocycles. The molecule has 0 saturated heterocycles. The Kier molecular flexibility index (Phi) is 4.16. The summed E-state index contributed by atoms with van der Waals surface area (Å²) in [6, 6.07) is 8.29. The van der Waals surface area contributed by atoms with Crippen LogP contribution in [0, 0.1) is 5.92 Å². The van der Waals surface area contributed by atoms with E-state index in [-0.39, 0.29) is 22.9 Å². The van der Waals surface area contributed by atoms with Crippen molar-refractivity contribution in [3.63, 3.8) is 0 Å². The molecule has 0 radical (unpaired) electrons. The first-order valence-electron chi connectivity index (χ1n) is 7.41. The molecule has 122 valence electrons. The van der Waals surface area contributed by atoms with E-state index in [4.69, 9.17) is 0 Å². The van der Waals surface area contributed by atoms with Gasteiger partial charge >= 0.3 is 0 Å². The van der Waals surface area contributed by atoms with Crippen molar-refractivity contribution in [2.24, 2.45) is 5.92 Å². The van der Waals surface area contributed by atoms with E-state index in [1.165, 1.54) is 11.1 Å². The summed E-state index contributed by atoms with van der Waals surface area (Å²) in [4.78, 5) is 15.9. The molecule has 0 aliphatic heterocycles. The van der Waals surface area contributed by atoms with Crippen molar-refractivity contribution in [1.29, 1.82) is 0 Å². The van der Waals surface area contributed by atoms with Gasteiger partial charge in [0, 0.05) is 12.7 Å². The number of rotatable bonds is 4. The standard InChI is InChI=1S/C15H18N4O3S/c1-23(21,22)15-17-14(18-19-15)16-13(20)9-10-6-7-11-4-2-3-5-12(11)8-10/h2-5,10H,6-9H2,1H3,(H2,16,17,18,19,20). The van der Waals surface area contributed by atoms with Gasteiger partial charge in [0.05, 0.1) is 0 Å². The fourth-order valence-corrected chi connectivity index (χ4v) is 3.32. The summed E-state index contributed by atoms with van der Waals surface area (Å²) in [6.45, 7) is 0. The van der Waals surface area contributed by atoms with Crippen LogP contribution in [0.4, 0.5) is 5.95 Å². The van der Waals surface area contributed by atoms with Gasteiger partial charge in [0.25, 0.3) is 0 Å².